The zero-order chi connectivity index (χ0) is 7.49. The standard InChI is InChI=1S/C5H17NOSSi/c1-8(2,3)6-7-9(4)5/h6,9H,1-5H3. The number of hydrogen-bond acceptors (Lipinski definition) is 2. The number of hydrogen-bond donors (Lipinski definition) is 1. The molecule has 0 bridgehead atoms. The molecule has 0 aromatic rings. The molecule has 0 amide bonds. The van der Waals surface area contributed by atoms with Gasteiger partial charge in [0.2, 0.25) is 9.04 Å². The van der Waals surface area contributed by atoms with Crippen molar-refractivity contribution in [1.82, 2.24) is 4.89 Å². The zero-order valence-electron chi connectivity index (χ0n) is 6.89. The maximum absolute atomic E-state index is 5.33. The minimum Gasteiger partial charge on any atom is -0.341 e. The van der Waals surface area contributed by atoms with Crippen LogP contribution < -0.4 is 4.89 Å². The molecule has 9 heavy (non-hydrogen) atoms. The first-order chi connectivity index (χ1) is 3.92. The van der Waals surface area contributed by atoms with Gasteiger partial charge in [0, 0.05) is 0 Å². The van der Waals surface area contributed by atoms with Crippen molar-refractivity contribution >= 4 is 19.3 Å². The van der Waals surface area contributed by atoms with E-state index < -0.39 is 19.3 Å². The Hall–Kier alpha value is 0.487. The molecule has 0 rings (SSSR count). The summed E-state index contributed by atoms with van der Waals surface area (Å²) in [7, 11) is -1.52. The SMILES string of the molecule is C[SiH](C)ONS(C)(C)C. The third-order valence-corrected chi connectivity index (χ3v) is 1.89. The Morgan fingerprint density at radius 2 is 1.67 bits per heavy atom. The molecule has 0 unspecified atom stereocenters. The molecule has 0 radical (unpaired) electrons. The predicted molar refractivity (Wildman–Crippen MR) is 48.5 cm³/mol. The highest BCUT2D eigenvalue weighted by molar-refractivity contribution is 8.30. The molecule has 0 aliphatic heterocycles. The van der Waals surface area contributed by atoms with Gasteiger partial charge in [0.15, 0.2) is 0 Å². The highest BCUT2D eigenvalue weighted by Crippen LogP contribution is 2.28. The van der Waals surface area contributed by atoms with Crippen LogP contribution in [0.3, 0.4) is 0 Å². The molecule has 2 nitrogen and oxygen atoms in total. The molecule has 0 fully saturated rings. The lowest BCUT2D eigenvalue weighted by Gasteiger charge is -2.27. The van der Waals surface area contributed by atoms with E-state index in [4.69, 9.17) is 4.53 Å². The maximum Gasteiger partial charge on any atom is 0.200 e. The van der Waals surface area contributed by atoms with Crippen LogP contribution in [0.4, 0.5) is 0 Å². The second-order valence-corrected chi connectivity index (χ2v) is 9.26. The third kappa shape index (κ3) is 8.49. The normalized spacial score (nSPS) is 14.4. The minimum absolute atomic E-state index is 0.657. The second kappa shape index (κ2) is 3.61. The second-order valence-electron chi connectivity index (χ2n) is 3.09. The monoisotopic (exact) mass is 167 g/mol. The summed E-state index contributed by atoms with van der Waals surface area (Å²) in [6, 6.07) is 0. The van der Waals surface area contributed by atoms with Crippen molar-refractivity contribution in [1.29, 1.82) is 0 Å². The molecule has 0 aromatic heterocycles. The summed E-state index contributed by atoms with van der Waals surface area (Å²) >= 11 is 0. The molecule has 0 saturated heterocycles. The fraction of sp³-hybridized carbons (Fsp3) is 1.00. The van der Waals surface area contributed by atoms with Crippen molar-refractivity contribution in [3.63, 3.8) is 0 Å². The van der Waals surface area contributed by atoms with E-state index >= 15 is 0 Å². The van der Waals surface area contributed by atoms with E-state index in [1.807, 2.05) is 0 Å². The lowest BCUT2D eigenvalue weighted by molar-refractivity contribution is 0.288. The van der Waals surface area contributed by atoms with Gasteiger partial charge in [-0.2, -0.15) is 15.1 Å². The zero-order valence-corrected chi connectivity index (χ0v) is 8.87. The number of nitrogens with one attached hydrogen (secondary N) is 1. The lowest BCUT2D eigenvalue weighted by Crippen LogP contribution is -2.24. The van der Waals surface area contributed by atoms with Crippen LogP contribution >= 0.6 is 10.2 Å². The fourth-order valence-electron chi connectivity index (χ4n) is 0.241. The van der Waals surface area contributed by atoms with Crippen molar-refractivity contribution in [2.75, 3.05) is 18.8 Å². The third-order valence-electron chi connectivity index (χ3n) is 0.534. The summed E-state index contributed by atoms with van der Waals surface area (Å²) in [5.74, 6) is 0. The lowest BCUT2D eigenvalue weighted by atomic mass is 11.9. The summed E-state index contributed by atoms with van der Waals surface area (Å²) in [6.07, 6.45) is 6.51. The van der Waals surface area contributed by atoms with Crippen LogP contribution in [0.2, 0.25) is 13.1 Å². The maximum atomic E-state index is 5.33. The smallest absolute Gasteiger partial charge is 0.200 e. The van der Waals surface area contributed by atoms with E-state index in [1.54, 1.807) is 0 Å². The molecule has 0 aliphatic carbocycles. The van der Waals surface area contributed by atoms with Crippen LogP contribution in [-0.2, 0) is 4.53 Å². The summed E-state index contributed by atoms with van der Waals surface area (Å²) in [5.41, 5.74) is 0. The molecule has 0 saturated carbocycles. The molecule has 0 atom stereocenters. The summed E-state index contributed by atoms with van der Waals surface area (Å²) in [6.45, 7) is 4.30. The minimum atomic E-state index is -0.861. The highest BCUT2D eigenvalue weighted by Gasteiger charge is 2.03. The molecule has 0 aromatic carbocycles. The Morgan fingerprint density at radius 3 is 1.78 bits per heavy atom. The van der Waals surface area contributed by atoms with Crippen molar-refractivity contribution in [3.05, 3.63) is 0 Å². The van der Waals surface area contributed by atoms with Gasteiger partial charge in [0.25, 0.3) is 0 Å². The average molecular weight is 167 g/mol. The molecule has 0 spiro atoms. The van der Waals surface area contributed by atoms with E-state index in [0.29, 0.717) is 0 Å². The van der Waals surface area contributed by atoms with Crippen LogP contribution in [0.25, 0.3) is 0 Å². The van der Waals surface area contributed by atoms with Crippen molar-refractivity contribution in [2.24, 2.45) is 0 Å². The number of rotatable bonds is 3. The predicted octanol–water partition coefficient (Wildman–Crippen LogP) is 1.10. The Morgan fingerprint density at radius 1 is 1.22 bits per heavy atom. The fourth-order valence-corrected chi connectivity index (χ4v) is 2.17. The summed E-state index contributed by atoms with van der Waals surface area (Å²) < 4.78 is 5.33. The van der Waals surface area contributed by atoms with Gasteiger partial charge in [-0.25, -0.2) is 0 Å². The van der Waals surface area contributed by atoms with Gasteiger partial charge in [0.05, 0.1) is 0 Å². The first kappa shape index (κ1) is 9.49. The Balaban J connectivity index is 3.28. The van der Waals surface area contributed by atoms with Gasteiger partial charge in [-0.05, 0) is 31.9 Å². The van der Waals surface area contributed by atoms with Crippen LogP contribution in [0.1, 0.15) is 0 Å². The van der Waals surface area contributed by atoms with E-state index in [1.165, 1.54) is 0 Å². The molecule has 4 heteroatoms. The molecular formula is C5H17NOSSi. The van der Waals surface area contributed by atoms with Gasteiger partial charge in [-0.3, -0.25) is 0 Å². The first-order valence-corrected chi connectivity index (χ1v) is 8.66. The Kier molecular flexibility index (Phi) is 3.80. The van der Waals surface area contributed by atoms with Gasteiger partial charge >= 0.3 is 0 Å². The van der Waals surface area contributed by atoms with Crippen molar-refractivity contribution < 1.29 is 4.53 Å². The van der Waals surface area contributed by atoms with Crippen molar-refractivity contribution in [2.45, 2.75) is 13.1 Å². The van der Waals surface area contributed by atoms with Crippen LogP contribution in [0.5, 0.6) is 0 Å². The van der Waals surface area contributed by atoms with Gasteiger partial charge < -0.3 is 4.53 Å². The quantitative estimate of drug-likeness (QED) is 0.502. The van der Waals surface area contributed by atoms with Gasteiger partial charge in [-0.15, -0.1) is 0 Å². The van der Waals surface area contributed by atoms with E-state index in [-0.39, 0.29) is 0 Å². The molecule has 58 valence electrons. The van der Waals surface area contributed by atoms with Crippen LogP contribution in [-0.4, -0.2) is 27.8 Å². The average Bonchev–Trinajstić information content (AvgIpc) is 1.59. The van der Waals surface area contributed by atoms with Gasteiger partial charge in [0.1, 0.15) is 0 Å². The van der Waals surface area contributed by atoms with E-state index in [0.717, 1.165) is 0 Å². The van der Waals surface area contributed by atoms with Gasteiger partial charge in [-0.1, -0.05) is 0 Å². The first-order valence-electron chi connectivity index (χ1n) is 3.02. The van der Waals surface area contributed by atoms with E-state index in [2.05, 4.69) is 36.7 Å². The van der Waals surface area contributed by atoms with E-state index in [9.17, 15) is 0 Å². The summed E-state index contributed by atoms with van der Waals surface area (Å²) in [4.78, 5) is 3.07. The summed E-state index contributed by atoms with van der Waals surface area (Å²) in [5, 5.41) is 0. The highest BCUT2D eigenvalue weighted by atomic mass is 32.3. The Labute approximate surface area is 61.1 Å². The molecule has 0 aliphatic rings. The van der Waals surface area contributed by atoms with Crippen LogP contribution in [0.15, 0.2) is 0 Å². The van der Waals surface area contributed by atoms with Crippen molar-refractivity contribution in [3.8, 4) is 0 Å². The molecule has 1 N–H and O–H groups in total. The molecule has 0 heterocycles. The largest absolute Gasteiger partial charge is 0.341 e. The molecular weight excluding hydrogens is 150 g/mol. The van der Waals surface area contributed by atoms with Crippen LogP contribution in [0, 0.1) is 0 Å². The Bertz CT molecular complexity index is 81.5. The topological polar surface area (TPSA) is 21.3 Å².